The number of nitrogens with zero attached hydrogens (tertiary/aromatic N) is 4. The quantitative estimate of drug-likeness (QED) is 0.479. The molecule has 22 heavy (non-hydrogen) atoms. The predicted octanol–water partition coefficient (Wildman–Crippen LogP) is 4.01. The first-order valence-electron chi connectivity index (χ1n) is 6.66. The van der Waals surface area contributed by atoms with Gasteiger partial charge >= 0.3 is 0 Å². The monoisotopic (exact) mass is 296 g/mol. The third-order valence-corrected chi connectivity index (χ3v) is 2.93. The molecule has 0 aromatic heterocycles. The summed E-state index contributed by atoms with van der Waals surface area (Å²) in [6.07, 6.45) is 9.43. The highest BCUT2D eigenvalue weighted by atomic mass is 16.6. The third-order valence-electron chi connectivity index (χ3n) is 2.93. The van der Waals surface area contributed by atoms with Crippen LogP contribution in [0.3, 0.4) is 0 Å². The Morgan fingerprint density at radius 3 is 2.32 bits per heavy atom. The van der Waals surface area contributed by atoms with Crippen LogP contribution >= 0.6 is 0 Å². The van der Waals surface area contributed by atoms with E-state index < -0.39 is 4.92 Å². The normalized spacial score (nSPS) is 21.9. The molecule has 0 bridgehead atoms. The molecule has 6 nitrogen and oxygen atoms in total. The van der Waals surface area contributed by atoms with Gasteiger partial charge in [0, 0.05) is 31.9 Å². The maximum Gasteiger partial charge on any atom is 0.269 e. The molecular weight excluding hydrogens is 280 g/mol. The molecule has 0 heterocycles. The van der Waals surface area contributed by atoms with Gasteiger partial charge in [-0.1, -0.05) is 12.2 Å². The SMILES string of the molecule is CN(C)c1ccc(N=NC2=C/C=C([N+](=O)[O-])\C=C/C=C\2)cc1. The van der Waals surface area contributed by atoms with E-state index in [0.717, 1.165) is 11.4 Å². The summed E-state index contributed by atoms with van der Waals surface area (Å²) in [5, 5.41) is 19.0. The average molecular weight is 296 g/mol. The summed E-state index contributed by atoms with van der Waals surface area (Å²) < 4.78 is 0. The summed E-state index contributed by atoms with van der Waals surface area (Å²) in [5.74, 6) is 0. The van der Waals surface area contributed by atoms with Gasteiger partial charge in [-0.3, -0.25) is 10.1 Å². The van der Waals surface area contributed by atoms with Gasteiger partial charge in [-0.15, -0.1) is 0 Å². The van der Waals surface area contributed by atoms with Crippen molar-refractivity contribution in [3.8, 4) is 0 Å². The maximum atomic E-state index is 10.8. The molecular formula is C16H16N4O2. The predicted molar refractivity (Wildman–Crippen MR) is 86.7 cm³/mol. The lowest BCUT2D eigenvalue weighted by atomic mass is 10.2. The molecule has 1 aromatic rings. The Labute approximate surface area is 128 Å². The molecule has 1 aliphatic carbocycles. The van der Waals surface area contributed by atoms with Crippen LogP contribution in [0.15, 0.2) is 82.3 Å². The van der Waals surface area contributed by atoms with Gasteiger partial charge in [0.2, 0.25) is 0 Å². The van der Waals surface area contributed by atoms with Crippen LogP contribution in [0.2, 0.25) is 0 Å². The van der Waals surface area contributed by atoms with Crippen molar-refractivity contribution in [3.63, 3.8) is 0 Å². The number of hydrogen-bond acceptors (Lipinski definition) is 5. The van der Waals surface area contributed by atoms with E-state index in [-0.39, 0.29) is 5.70 Å². The summed E-state index contributed by atoms with van der Waals surface area (Å²) >= 11 is 0. The summed E-state index contributed by atoms with van der Waals surface area (Å²) in [6, 6.07) is 7.63. The molecule has 1 aromatic carbocycles. The smallest absolute Gasteiger partial charge is 0.269 e. The summed E-state index contributed by atoms with van der Waals surface area (Å²) in [4.78, 5) is 12.3. The molecule has 0 amide bonds. The lowest BCUT2D eigenvalue weighted by molar-refractivity contribution is -0.419. The minimum absolute atomic E-state index is 0.00684. The average Bonchev–Trinajstić information content (AvgIpc) is 2.46. The standard InChI is InChI=1S/C16H16N4O2/c1-19(2)15-10-7-14(8-11-15)18-17-13-5-3-4-6-16(12-9-13)20(21)22/h3-12H,1-2H3/b4-3?,5-3-,6-4-,12-9?,13-5?,13-9+,16-6?,16-12+,18-17?. The number of rotatable bonds is 4. The zero-order chi connectivity index (χ0) is 15.9. The Morgan fingerprint density at radius 2 is 1.68 bits per heavy atom. The second kappa shape index (κ2) is 7.12. The molecule has 0 unspecified atom stereocenters. The molecule has 0 saturated carbocycles. The van der Waals surface area contributed by atoms with Crippen LogP contribution in [-0.4, -0.2) is 19.0 Å². The molecule has 0 atom stereocenters. The Morgan fingerprint density at radius 1 is 1.00 bits per heavy atom. The van der Waals surface area contributed by atoms with Crippen LogP contribution in [0.25, 0.3) is 0 Å². The Bertz CT molecular complexity index is 695. The largest absolute Gasteiger partial charge is 0.378 e. The van der Waals surface area contributed by atoms with Crippen molar-refractivity contribution in [2.45, 2.75) is 0 Å². The van der Waals surface area contributed by atoms with E-state index in [9.17, 15) is 10.1 Å². The minimum atomic E-state index is -0.444. The molecule has 112 valence electrons. The Balaban J connectivity index is 2.16. The van der Waals surface area contributed by atoms with Gasteiger partial charge < -0.3 is 4.90 Å². The summed E-state index contributed by atoms with van der Waals surface area (Å²) in [6.45, 7) is 0. The van der Waals surface area contributed by atoms with E-state index in [2.05, 4.69) is 10.2 Å². The molecule has 0 radical (unpaired) electrons. The van der Waals surface area contributed by atoms with Crippen molar-refractivity contribution in [1.82, 2.24) is 0 Å². The second-order valence-electron chi connectivity index (χ2n) is 4.77. The summed E-state index contributed by atoms with van der Waals surface area (Å²) in [7, 11) is 3.93. The Hall–Kier alpha value is -3.02. The zero-order valence-electron chi connectivity index (χ0n) is 12.4. The van der Waals surface area contributed by atoms with E-state index in [1.54, 1.807) is 24.3 Å². The minimum Gasteiger partial charge on any atom is -0.378 e. The first-order chi connectivity index (χ1) is 10.6. The van der Waals surface area contributed by atoms with E-state index >= 15 is 0 Å². The number of allylic oxidation sites excluding steroid dienone is 6. The van der Waals surface area contributed by atoms with Crippen LogP contribution < -0.4 is 4.90 Å². The molecule has 6 heteroatoms. The number of nitro groups is 1. The van der Waals surface area contributed by atoms with Crippen LogP contribution in [0.5, 0.6) is 0 Å². The van der Waals surface area contributed by atoms with Gasteiger partial charge in [-0.05, 0) is 36.4 Å². The van der Waals surface area contributed by atoms with Gasteiger partial charge in [-0.25, -0.2) is 0 Å². The highest BCUT2D eigenvalue weighted by Gasteiger charge is 2.04. The highest BCUT2D eigenvalue weighted by molar-refractivity contribution is 5.51. The zero-order valence-corrected chi connectivity index (χ0v) is 12.4. The van der Waals surface area contributed by atoms with Gasteiger partial charge in [-0.2, -0.15) is 10.2 Å². The van der Waals surface area contributed by atoms with Crippen molar-refractivity contribution in [1.29, 1.82) is 0 Å². The first-order valence-corrected chi connectivity index (χ1v) is 6.66. The van der Waals surface area contributed by atoms with Gasteiger partial charge in [0.05, 0.1) is 16.3 Å². The maximum absolute atomic E-state index is 10.8. The van der Waals surface area contributed by atoms with Crippen molar-refractivity contribution in [3.05, 3.63) is 82.2 Å². The summed E-state index contributed by atoms with van der Waals surface area (Å²) in [5.41, 5.74) is 2.34. The fourth-order valence-electron chi connectivity index (χ4n) is 1.71. The molecule has 0 spiro atoms. The van der Waals surface area contributed by atoms with E-state index in [0.29, 0.717) is 5.70 Å². The first kappa shape index (κ1) is 15.4. The number of anilines is 1. The number of hydrogen-bond donors (Lipinski definition) is 0. The molecule has 1 aliphatic rings. The highest BCUT2D eigenvalue weighted by Crippen LogP contribution is 2.19. The topological polar surface area (TPSA) is 71.1 Å². The fourth-order valence-corrected chi connectivity index (χ4v) is 1.71. The fraction of sp³-hybridized carbons (Fsp3) is 0.125. The van der Waals surface area contributed by atoms with Crippen LogP contribution in [-0.2, 0) is 0 Å². The van der Waals surface area contributed by atoms with Gasteiger partial charge in [0.15, 0.2) is 0 Å². The third kappa shape index (κ3) is 4.24. The van der Waals surface area contributed by atoms with Crippen molar-refractivity contribution in [2.24, 2.45) is 10.2 Å². The van der Waals surface area contributed by atoms with Crippen LogP contribution in [0.4, 0.5) is 11.4 Å². The van der Waals surface area contributed by atoms with E-state index in [1.165, 1.54) is 12.2 Å². The molecule has 0 aliphatic heterocycles. The van der Waals surface area contributed by atoms with E-state index in [1.807, 2.05) is 43.3 Å². The van der Waals surface area contributed by atoms with E-state index in [4.69, 9.17) is 0 Å². The van der Waals surface area contributed by atoms with Gasteiger partial charge in [0.25, 0.3) is 5.70 Å². The number of azo groups is 1. The lowest BCUT2D eigenvalue weighted by Gasteiger charge is -2.11. The lowest BCUT2D eigenvalue weighted by Crippen LogP contribution is -2.07. The van der Waals surface area contributed by atoms with Crippen molar-refractivity contribution < 1.29 is 4.92 Å². The van der Waals surface area contributed by atoms with Crippen molar-refractivity contribution in [2.75, 3.05) is 19.0 Å². The van der Waals surface area contributed by atoms with Crippen LogP contribution in [0, 0.1) is 10.1 Å². The van der Waals surface area contributed by atoms with Crippen LogP contribution in [0.1, 0.15) is 0 Å². The Kier molecular flexibility index (Phi) is 4.98. The number of benzene rings is 1. The van der Waals surface area contributed by atoms with Crippen molar-refractivity contribution >= 4 is 11.4 Å². The molecule has 0 saturated heterocycles. The molecule has 0 N–H and O–H groups in total. The molecule has 0 fully saturated rings. The van der Waals surface area contributed by atoms with Gasteiger partial charge in [0.1, 0.15) is 0 Å². The molecule has 2 rings (SSSR count). The second-order valence-corrected chi connectivity index (χ2v) is 4.77.